The zero-order valence-corrected chi connectivity index (χ0v) is 25.3. The Labute approximate surface area is 257 Å². The lowest BCUT2D eigenvalue weighted by molar-refractivity contribution is -0.136. The van der Waals surface area contributed by atoms with E-state index in [1.165, 1.54) is 11.6 Å². The Hall–Kier alpha value is -3.17. The molecule has 0 radical (unpaired) electrons. The summed E-state index contributed by atoms with van der Waals surface area (Å²) < 4.78 is 14.0. The molecule has 1 saturated heterocycles. The van der Waals surface area contributed by atoms with E-state index in [9.17, 15) is 14.0 Å². The van der Waals surface area contributed by atoms with Crippen LogP contribution in [0, 0.1) is 5.82 Å². The van der Waals surface area contributed by atoms with Crippen LogP contribution in [0.1, 0.15) is 30.0 Å². The lowest BCUT2D eigenvalue weighted by atomic mass is 10.0. The molecule has 4 rings (SSSR count). The van der Waals surface area contributed by atoms with Gasteiger partial charge in [-0.05, 0) is 48.7 Å². The van der Waals surface area contributed by atoms with Gasteiger partial charge in [-0.1, -0.05) is 65.7 Å². The first kappa shape index (κ1) is 31.8. The van der Waals surface area contributed by atoms with E-state index in [0.29, 0.717) is 48.3 Å². The fourth-order valence-electron chi connectivity index (χ4n) is 5.21. The molecule has 0 aromatic heterocycles. The van der Waals surface area contributed by atoms with Gasteiger partial charge in [0.2, 0.25) is 11.8 Å². The van der Waals surface area contributed by atoms with E-state index >= 15 is 0 Å². The second-order valence-corrected chi connectivity index (χ2v) is 11.5. The molecule has 2 amide bonds. The van der Waals surface area contributed by atoms with Crippen LogP contribution in [-0.2, 0) is 29.0 Å². The predicted octanol–water partition coefficient (Wildman–Crippen LogP) is 4.58. The lowest BCUT2D eigenvalue weighted by Gasteiger charge is -2.38. The molecule has 1 fully saturated rings. The van der Waals surface area contributed by atoms with Crippen molar-refractivity contribution in [1.82, 2.24) is 15.5 Å². The molecule has 224 valence electrons. The van der Waals surface area contributed by atoms with Crippen molar-refractivity contribution in [2.75, 3.05) is 37.6 Å². The van der Waals surface area contributed by atoms with Gasteiger partial charge in [-0.15, -0.1) is 0 Å². The van der Waals surface area contributed by atoms with E-state index in [2.05, 4.69) is 34.6 Å². The molecule has 3 aromatic rings. The van der Waals surface area contributed by atoms with Crippen molar-refractivity contribution in [3.05, 3.63) is 99.3 Å². The molecule has 1 unspecified atom stereocenters. The first-order chi connectivity index (χ1) is 20.2. The van der Waals surface area contributed by atoms with E-state index in [-0.39, 0.29) is 43.1 Å². The maximum absolute atomic E-state index is 14.0. The Kier molecular flexibility index (Phi) is 11.6. The van der Waals surface area contributed by atoms with Crippen LogP contribution in [0.5, 0.6) is 0 Å². The topological polar surface area (TPSA) is 90.7 Å². The van der Waals surface area contributed by atoms with E-state index < -0.39 is 6.04 Å². The lowest BCUT2D eigenvalue weighted by Crippen LogP contribution is -2.56. The van der Waals surface area contributed by atoms with Gasteiger partial charge >= 0.3 is 0 Å². The number of para-hydroxylation sites is 1. The fraction of sp³-hybridized carbons (Fsp3) is 0.375. The third-order valence-electron chi connectivity index (χ3n) is 7.49. The number of halogens is 3. The summed E-state index contributed by atoms with van der Waals surface area (Å²) in [7, 11) is 0. The average Bonchev–Trinajstić information content (AvgIpc) is 2.98. The van der Waals surface area contributed by atoms with E-state index in [1.807, 2.05) is 18.2 Å². The number of nitrogens with two attached hydrogens (primary N) is 1. The van der Waals surface area contributed by atoms with Gasteiger partial charge in [0.15, 0.2) is 0 Å². The summed E-state index contributed by atoms with van der Waals surface area (Å²) in [5.41, 5.74) is 9.26. The summed E-state index contributed by atoms with van der Waals surface area (Å²) in [6.45, 7) is 5.11. The number of carbonyl (C=O) groups excluding carboxylic acids is 2. The van der Waals surface area contributed by atoms with Crippen LogP contribution in [0.25, 0.3) is 0 Å². The SMILES string of the molecule is CC(Cc1ccccc1N1CCN(C(=O)[C@@H](Cc2ccc(Cl)cc2Cl)NC(=O)CCN)CC1)NCc1ccccc1F. The molecule has 7 nitrogen and oxygen atoms in total. The van der Waals surface area contributed by atoms with Gasteiger partial charge in [0.05, 0.1) is 0 Å². The summed E-state index contributed by atoms with van der Waals surface area (Å²) in [5, 5.41) is 7.25. The van der Waals surface area contributed by atoms with Crippen LogP contribution in [0.4, 0.5) is 10.1 Å². The highest BCUT2D eigenvalue weighted by molar-refractivity contribution is 6.35. The number of carbonyl (C=O) groups is 2. The van der Waals surface area contributed by atoms with Crippen LogP contribution in [0.3, 0.4) is 0 Å². The molecular weight excluding hydrogens is 576 g/mol. The van der Waals surface area contributed by atoms with E-state index in [1.54, 1.807) is 35.2 Å². The van der Waals surface area contributed by atoms with E-state index in [0.717, 1.165) is 17.7 Å². The maximum atomic E-state index is 14.0. The first-order valence-electron chi connectivity index (χ1n) is 14.3. The van der Waals surface area contributed by atoms with Crippen molar-refractivity contribution in [3.63, 3.8) is 0 Å². The van der Waals surface area contributed by atoms with Crippen LogP contribution in [0.15, 0.2) is 66.7 Å². The maximum Gasteiger partial charge on any atom is 0.245 e. The smallest absolute Gasteiger partial charge is 0.245 e. The van der Waals surface area contributed by atoms with Gasteiger partial charge < -0.3 is 26.2 Å². The minimum atomic E-state index is -0.761. The number of piperazine rings is 1. The van der Waals surface area contributed by atoms with Gasteiger partial charge in [0.1, 0.15) is 11.9 Å². The molecule has 3 aromatic carbocycles. The third kappa shape index (κ3) is 8.67. The van der Waals surface area contributed by atoms with Gasteiger partial charge in [-0.3, -0.25) is 9.59 Å². The Morgan fingerprint density at radius 2 is 1.62 bits per heavy atom. The summed E-state index contributed by atoms with van der Waals surface area (Å²) in [6, 6.07) is 19.6. The largest absolute Gasteiger partial charge is 0.368 e. The van der Waals surface area contributed by atoms with Gasteiger partial charge in [-0.25, -0.2) is 4.39 Å². The van der Waals surface area contributed by atoms with Crippen LogP contribution >= 0.6 is 23.2 Å². The van der Waals surface area contributed by atoms with Crippen molar-refractivity contribution >= 4 is 40.7 Å². The fourth-order valence-corrected chi connectivity index (χ4v) is 5.70. The summed E-state index contributed by atoms with van der Waals surface area (Å²) in [5.74, 6) is -0.626. The monoisotopic (exact) mass is 613 g/mol. The molecule has 42 heavy (non-hydrogen) atoms. The van der Waals surface area contributed by atoms with Gasteiger partial charge in [-0.2, -0.15) is 0 Å². The van der Waals surface area contributed by atoms with Crippen molar-refractivity contribution in [2.24, 2.45) is 5.73 Å². The first-order valence-corrected chi connectivity index (χ1v) is 15.0. The summed E-state index contributed by atoms with van der Waals surface area (Å²) in [6.07, 6.45) is 1.17. The molecule has 0 spiro atoms. The average molecular weight is 615 g/mol. The highest BCUT2D eigenvalue weighted by atomic mass is 35.5. The molecule has 4 N–H and O–H groups in total. The highest BCUT2D eigenvalue weighted by Gasteiger charge is 2.30. The minimum Gasteiger partial charge on any atom is -0.368 e. The third-order valence-corrected chi connectivity index (χ3v) is 8.08. The number of nitrogens with zero attached hydrogens (tertiary/aromatic N) is 2. The number of amides is 2. The zero-order valence-electron chi connectivity index (χ0n) is 23.8. The Morgan fingerprint density at radius 3 is 2.31 bits per heavy atom. The Morgan fingerprint density at radius 1 is 0.929 bits per heavy atom. The number of nitrogens with one attached hydrogen (secondary N) is 2. The van der Waals surface area contributed by atoms with Crippen LogP contribution in [0.2, 0.25) is 10.0 Å². The number of rotatable bonds is 12. The summed E-state index contributed by atoms with van der Waals surface area (Å²) >= 11 is 12.4. The number of benzene rings is 3. The number of hydrogen-bond donors (Lipinski definition) is 3. The molecule has 0 aliphatic carbocycles. The normalized spacial score (nSPS) is 14.9. The molecule has 1 heterocycles. The summed E-state index contributed by atoms with van der Waals surface area (Å²) in [4.78, 5) is 30.2. The van der Waals surface area contributed by atoms with Gasteiger partial charge in [0, 0.05) is 79.4 Å². The van der Waals surface area contributed by atoms with Crippen molar-refractivity contribution in [1.29, 1.82) is 0 Å². The number of hydrogen-bond acceptors (Lipinski definition) is 5. The Bertz CT molecular complexity index is 1370. The second-order valence-electron chi connectivity index (χ2n) is 10.6. The van der Waals surface area contributed by atoms with E-state index in [4.69, 9.17) is 28.9 Å². The van der Waals surface area contributed by atoms with Crippen LogP contribution < -0.4 is 21.3 Å². The van der Waals surface area contributed by atoms with Crippen molar-refractivity contribution in [2.45, 2.75) is 44.8 Å². The second kappa shape index (κ2) is 15.3. The predicted molar refractivity (Wildman–Crippen MR) is 167 cm³/mol. The molecular formula is C32H38Cl2FN5O2. The Balaban J connectivity index is 1.38. The molecule has 0 bridgehead atoms. The molecule has 2 atom stereocenters. The minimum absolute atomic E-state index is 0.131. The number of anilines is 1. The quantitative estimate of drug-likeness (QED) is 0.278. The highest BCUT2D eigenvalue weighted by Crippen LogP contribution is 2.25. The van der Waals surface area contributed by atoms with Gasteiger partial charge in [0.25, 0.3) is 0 Å². The molecule has 0 saturated carbocycles. The zero-order chi connectivity index (χ0) is 30.1. The molecule has 1 aliphatic heterocycles. The molecule has 10 heteroatoms. The van der Waals surface area contributed by atoms with Crippen molar-refractivity contribution < 1.29 is 14.0 Å². The van der Waals surface area contributed by atoms with Crippen molar-refractivity contribution in [3.8, 4) is 0 Å². The molecule has 1 aliphatic rings. The standard InChI is InChI=1S/C32H38Cl2FN5O2/c1-22(37-21-25-7-2-4-8-28(25)35)18-24-6-3-5-9-30(24)39-14-16-40(17-15-39)32(42)29(38-31(41)12-13-36)19-23-10-11-26(33)20-27(23)34/h2-11,20,22,29,37H,12-19,21,36H2,1H3,(H,38,41)/t22?,29-/m1/s1. The van der Waals surface area contributed by atoms with Crippen LogP contribution in [-0.4, -0.2) is 61.5 Å².